The third-order valence-electron chi connectivity index (χ3n) is 5.27. The molecule has 0 saturated carbocycles. The van der Waals surface area contributed by atoms with Crippen LogP contribution in [0.5, 0.6) is 11.5 Å². The SMILES string of the molecule is CCOc1cc(/C=C2\C(=O)NC(=O)N(c3ccc(F)cc3)C2=O)c(Br)cc1OCC(=O)Nc1ccccc1. The van der Waals surface area contributed by atoms with Crippen LogP contribution >= 0.6 is 15.9 Å². The summed E-state index contributed by atoms with van der Waals surface area (Å²) < 4.78 is 25.1. The second-order valence-electron chi connectivity index (χ2n) is 7.89. The predicted molar refractivity (Wildman–Crippen MR) is 141 cm³/mol. The topological polar surface area (TPSA) is 114 Å². The molecule has 0 aliphatic carbocycles. The van der Waals surface area contributed by atoms with Gasteiger partial charge in [-0.2, -0.15) is 0 Å². The number of hydrogen-bond donors (Lipinski definition) is 2. The van der Waals surface area contributed by atoms with Crippen molar-refractivity contribution in [3.8, 4) is 11.5 Å². The van der Waals surface area contributed by atoms with E-state index in [4.69, 9.17) is 9.47 Å². The van der Waals surface area contributed by atoms with Gasteiger partial charge in [0.15, 0.2) is 18.1 Å². The second kappa shape index (κ2) is 11.7. The van der Waals surface area contributed by atoms with Gasteiger partial charge in [-0.25, -0.2) is 14.1 Å². The first-order valence-corrected chi connectivity index (χ1v) is 12.2. The van der Waals surface area contributed by atoms with E-state index in [1.54, 1.807) is 37.3 Å². The van der Waals surface area contributed by atoms with E-state index < -0.39 is 23.7 Å². The molecule has 0 spiro atoms. The fraction of sp³-hybridized carbons (Fsp3) is 0.111. The van der Waals surface area contributed by atoms with Gasteiger partial charge in [0, 0.05) is 10.2 Å². The summed E-state index contributed by atoms with van der Waals surface area (Å²) in [5.41, 5.74) is 0.770. The van der Waals surface area contributed by atoms with Crippen molar-refractivity contribution < 1.29 is 33.0 Å². The van der Waals surface area contributed by atoms with Crippen molar-refractivity contribution in [3.63, 3.8) is 0 Å². The Kier molecular flexibility index (Phi) is 8.17. The van der Waals surface area contributed by atoms with Crippen LogP contribution in [0, 0.1) is 5.82 Å². The van der Waals surface area contributed by atoms with Gasteiger partial charge in [0.2, 0.25) is 0 Å². The number of halogens is 2. The van der Waals surface area contributed by atoms with Crippen molar-refractivity contribution in [2.75, 3.05) is 23.4 Å². The number of para-hydroxylation sites is 1. The van der Waals surface area contributed by atoms with Gasteiger partial charge in [0.1, 0.15) is 11.4 Å². The van der Waals surface area contributed by atoms with E-state index in [0.717, 1.165) is 17.0 Å². The van der Waals surface area contributed by atoms with Gasteiger partial charge in [-0.05, 0) is 67.1 Å². The number of carbonyl (C=O) groups excluding carboxylic acids is 4. The molecule has 5 amide bonds. The Hall–Kier alpha value is -4.51. The van der Waals surface area contributed by atoms with Gasteiger partial charge in [-0.3, -0.25) is 19.7 Å². The summed E-state index contributed by atoms with van der Waals surface area (Å²) in [6, 6.07) is 15.7. The number of nitrogens with zero attached hydrogens (tertiary/aromatic N) is 1. The van der Waals surface area contributed by atoms with Crippen LogP contribution < -0.4 is 25.0 Å². The van der Waals surface area contributed by atoms with E-state index in [-0.39, 0.29) is 41.9 Å². The molecule has 2 N–H and O–H groups in total. The number of urea groups is 1. The lowest BCUT2D eigenvalue weighted by atomic mass is 10.1. The highest BCUT2D eigenvalue weighted by Gasteiger charge is 2.37. The number of carbonyl (C=O) groups is 4. The van der Waals surface area contributed by atoms with Gasteiger partial charge in [0.25, 0.3) is 17.7 Å². The molecular formula is C27H21BrFN3O6. The minimum absolute atomic E-state index is 0.0962. The van der Waals surface area contributed by atoms with E-state index in [1.165, 1.54) is 24.3 Å². The third-order valence-corrected chi connectivity index (χ3v) is 5.95. The Labute approximate surface area is 225 Å². The highest BCUT2D eigenvalue weighted by atomic mass is 79.9. The van der Waals surface area contributed by atoms with Crippen LogP contribution in [-0.4, -0.2) is 37.0 Å². The van der Waals surface area contributed by atoms with E-state index in [1.807, 2.05) is 6.07 Å². The molecule has 0 atom stereocenters. The van der Waals surface area contributed by atoms with Gasteiger partial charge in [-0.1, -0.05) is 34.1 Å². The summed E-state index contributed by atoms with van der Waals surface area (Å²) in [7, 11) is 0. The molecule has 3 aromatic carbocycles. The normalized spacial score (nSPS) is 14.3. The Bertz CT molecular complexity index is 1430. The Morgan fingerprint density at radius 3 is 2.39 bits per heavy atom. The average molecular weight is 582 g/mol. The maximum atomic E-state index is 13.3. The van der Waals surface area contributed by atoms with E-state index in [2.05, 4.69) is 26.6 Å². The average Bonchev–Trinajstić information content (AvgIpc) is 2.89. The van der Waals surface area contributed by atoms with E-state index in [0.29, 0.717) is 15.7 Å². The van der Waals surface area contributed by atoms with Gasteiger partial charge in [0.05, 0.1) is 12.3 Å². The third kappa shape index (κ3) is 6.06. The summed E-state index contributed by atoms with van der Waals surface area (Å²) in [6.07, 6.45) is 1.29. The standard InChI is InChI=1S/C27H21BrFN3O6/c1-2-37-22-13-16(21(28)14-23(22)38-15-24(33)30-18-6-4-3-5-7-18)12-20-25(34)31-27(36)32(26(20)35)19-10-8-17(29)9-11-19/h3-14H,2,15H2,1H3,(H,30,33)(H,31,34,36)/b20-12+. The zero-order chi connectivity index (χ0) is 27.2. The van der Waals surface area contributed by atoms with Gasteiger partial charge in [-0.15, -0.1) is 0 Å². The van der Waals surface area contributed by atoms with Crippen LogP contribution in [-0.2, 0) is 14.4 Å². The van der Waals surface area contributed by atoms with Crippen LogP contribution in [0.25, 0.3) is 6.08 Å². The molecule has 1 saturated heterocycles. The Morgan fingerprint density at radius 1 is 1.03 bits per heavy atom. The van der Waals surface area contributed by atoms with Crippen LogP contribution in [0.1, 0.15) is 12.5 Å². The summed E-state index contributed by atoms with van der Waals surface area (Å²) >= 11 is 3.39. The van der Waals surface area contributed by atoms with Crippen LogP contribution in [0.15, 0.2) is 76.8 Å². The number of ether oxygens (including phenoxy) is 2. The minimum Gasteiger partial charge on any atom is -0.490 e. The molecule has 0 unspecified atom stereocenters. The summed E-state index contributed by atoms with van der Waals surface area (Å²) in [5.74, 6) is -2.17. The molecule has 1 fully saturated rings. The van der Waals surface area contributed by atoms with Crippen LogP contribution in [0.3, 0.4) is 0 Å². The number of hydrogen-bond acceptors (Lipinski definition) is 6. The molecule has 0 aromatic heterocycles. The quantitative estimate of drug-likeness (QED) is 0.295. The maximum Gasteiger partial charge on any atom is 0.335 e. The van der Waals surface area contributed by atoms with Crippen LogP contribution in [0.2, 0.25) is 0 Å². The van der Waals surface area contributed by atoms with Gasteiger partial charge < -0.3 is 14.8 Å². The molecule has 38 heavy (non-hydrogen) atoms. The summed E-state index contributed by atoms with van der Waals surface area (Å²) in [4.78, 5) is 51.1. The number of nitrogens with one attached hydrogen (secondary N) is 2. The van der Waals surface area contributed by atoms with E-state index >= 15 is 0 Å². The largest absolute Gasteiger partial charge is 0.490 e. The summed E-state index contributed by atoms with van der Waals surface area (Å²) in [5, 5.41) is 4.83. The van der Waals surface area contributed by atoms with Crippen molar-refractivity contribution in [3.05, 3.63) is 88.2 Å². The number of anilines is 2. The molecule has 0 radical (unpaired) electrons. The molecule has 1 aliphatic heterocycles. The Morgan fingerprint density at radius 2 is 1.71 bits per heavy atom. The number of imide groups is 2. The van der Waals surface area contributed by atoms with Gasteiger partial charge >= 0.3 is 6.03 Å². The smallest absolute Gasteiger partial charge is 0.335 e. The zero-order valence-corrected chi connectivity index (χ0v) is 21.6. The first kappa shape index (κ1) is 26.6. The number of rotatable bonds is 8. The van der Waals surface area contributed by atoms with Crippen molar-refractivity contribution in [1.29, 1.82) is 0 Å². The number of barbiturate groups is 1. The predicted octanol–water partition coefficient (Wildman–Crippen LogP) is 4.67. The molecule has 194 valence electrons. The van der Waals surface area contributed by atoms with Crippen molar-refractivity contribution in [1.82, 2.24) is 5.32 Å². The lowest BCUT2D eigenvalue weighted by Crippen LogP contribution is -2.54. The molecule has 1 heterocycles. The Balaban J connectivity index is 1.59. The number of amides is 5. The molecule has 0 bridgehead atoms. The fourth-order valence-electron chi connectivity index (χ4n) is 3.54. The second-order valence-corrected chi connectivity index (χ2v) is 8.74. The van der Waals surface area contributed by atoms with E-state index in [9.17, 15) is 23.6 Å². The first-order valence-electron chi connectivity index (χ1n) is 11.4. The highest BCUT2D eigenvalue weighted by Crippen LogP contribution is 2.35. The van der Waals surface area contributed by atoms with Crippen molar-refractivity contribution in [2.45, 2.75) is 6.92 Å². The molecule has 11 heteroatoms. The monoisotopic (exact) mass is 581 g/mol. The maximum absolute atomic E-state index is 13.3. The highest BCUT2D eigenvalue weighted by molar-refractivity contribution is 9.10. The minimum atomic E-state index is -0.949. The molecule has 3 aromatic rings. The molecular weight excluding hydrogens is 561 g/mol. The van der Waals surface area contributed by atoms with Crippen molar-refractivity contribution >= 4 is 57.1 Å². The van der Waals surface area contributed by atoms with Crippen LogP contribution in [0.4, 0.5) is 20.6 Å². The zero-order valence-electron chi connectivity index (χ0n) is 20.0. The first-order chi connectivity index (χ1) is 18.3. The fourth-order valence-corrected chi connectivity index (χ4v) is 3.98. The summed E-state index contributed by atoms with van der Waals surface area (Å²) in [6.45, 7) is 1.74. The molecule has 1 aliphatic rings. The lowest BCUT2D eigenvalue weighted by Gasteiger charge is -2.26. The molecule has 9 nitrogen and oxygen atoms in total. The number of benzene rings is 3. The lowest BCUT2D eigenvalue weighted by molar-refractivity contribution is -0.122. The molecule has 4 rings (SSSR count). The van der Waals surface area contributed by atoms with Crippen molar-refractivity contribution in [2.24, 2.45) is 0 Å².